The number of nitrogens with two attached hydrogens (primary N) is 1. The number of hydrogen-bond donors (Lipinski definition) is 2. The number of carbonyl (C=O) groups is 1. The zero-order valence-electron chi connectivity index (χ0n) is 11.7. The Bertz CT molecular complexity index is 521. The standard InChI is InChI=1S/C15H19ClN2OS/c1-4-15(5-2,6-3)18-14(19)10-20-13-8-7-11(16)9-12(13)17/h1,7-9H,5-6,10,17H2,2-3H3,(H,18,19). The molecule has 0 fully saturated rings. The summed E-state index contributed by atoms with van der Waals surface area (Å²) in [5.41, 5.74) is 5.87. The summed E-state index contributed by atoms with van der Waals surface area (Å²) in [6, 6.07) is 5.23. The van der Waals surface area contributed by atoms with Gasteiger partial charge in [-0.2, -0.15) is 0 Å². The lowest BCUT2D eigenvalue weighted by molar-refractivity contribution is -0.119. The molecule has 3 N–H and O–H groups in total. The summed E-state index contributed by atoms with van der Waals surface area (Å²) < 4.78 is 0. The van der Waals surface area contributed by atoms with E-state index in [-0.39, 0.29) is 11.7 Å². The van der Waals surface area contributed by atoms with Gasteiger partial charge in [0.15, 0.2) is 0 Å². The maximum absolute atomic E-state index is 12.0. The topological polar surface area (TPSA) is 55.1 Å². The number of benzene rings is 1. The van der Waals surface area contributed by atoms with Crippen molar-refractivity contribution in [2.24, 2.45) is 0 Å². The van der Waals surface area contributed by atoms with Gasteiger partial charge in [0.05, 0.1) is 5.75 Å². The van der Waals surface area contributed by atoms with E-state index in [9.17, 15) is 4.79 Å². The molecule has 5 heteroatoms. The number of nitrogen functional groups attached to an aromatic ring is 1. The lowest BCUT2D eigenvalue weighted by atomic mass is 9.94. The smallest absolute Gasteiger partial charge is 0.231 e. The van der Waals surface area contributed by atoms with Gasteiger partial charge in [0.2, 0.25) is 5.91 Å². The molecule has 20 heavy (non-hydrogen) atoms. The minimum Gasteiger partial charge on any atom is -0.398 e. The van der Waals surface area contributed by atoms with Gasteiger partial charge in [0.1, 0.15) is 5.54 Å². The van der Waals surface area contributed by atoms with Crippen molar-refractivity contribution in [2.75, 3.05) is 11.5 Å². The molecule has 0 bridgehead atoms. The third kappa shape index (κ3) is 4.36. The van der Waals surface area contributed by atoms with E-state index >= 15 is 0 Å². The summed E-state index contributed by atoms with van der Waals surface area (Å²) in [5.74, 6) is 2.86. The lowest BCUT2D eigenvalue weighted by Crippen LogP contribution is -2.47. The van der Waals surface area contributed by atoms with E-state index in [0.717, 1.165) is 4.90 Å². The molecule has 1 aromatic carbocycles. The van der Waals surface area contributed by atoms with Crippen molar-refractivity contribution in [1.82, 2.24) is 5.32 Å². The fourth-order valence-electron chi connectivity index (χ4n) is 1.76. The van der Waals surface area contributed by atoms with Crippen LogP contribution in [0.5, 0.6) is 0 Å². The molecule has 0 atom stereocenters. The Balaban J connectivity index is 2.62. The van der Waals surface area contributed by atoms with Crippen LogP contribution in [0.25, 0.3) is 0 Å². The quantitative estimate of drug-likeness (QED) is 0.481. The molecule has 108 valence electrons. The fourth-order valence-corrected chi connectivity index (χ4v) is 2.69. The molecule has 0 aliphatic carbocycles. The molecule has 0 heterocycles. The zero-order valence-corrected chi connectivity index (χ0v) is 13.3. The SMILES string of the molecule is C#CC(CC)(CC)NC(=O)CSc1ccc(Cl)cc1N. The van der Waals surface area contributed by atoms with Crippen LogP contribution in [0.3, 0.4) is 0 Å². The summed E-state index contributed by atoms with van der Waals surface area (Å²) in [6.07, 6.45) is 6.93. The molecule has 0 saturated heterocycles. The van der Waals surface area contributed by atoms with E-state index in [4.69, 9.17) is 23.8 Å². The number of rotatable bonds is 6. The predicted molar refractivity (Wildman–Crippen MR) is 86.9 cm³/mol. The second-order valence-electron chi connectivity index (χ2n) is 4.45. The van der Waals surface area contributed by atoms with Crippen molar-refractivity contribution in [3.63, 3.8) is 0 Å². The summed E-state index contributed by atoms with van der Waals surface area (Å²) >= 11 is 7.20. The third-order valence-corrected chi connectivity index (χ3v) is 4.52. The van der Waals surface area contributed by atoms with Gasteiger partial charge in [0.25, 0.3) is 0 Å². The van der Waals surface area contributed by atoms with Crippen LogP contribution in [0.4, 0.5) is 5.69 Å². The van der Waals surface area contributed by atoms with Gasteiger partial charge in [-0.15, -0.1) is 18.2 Å². The van der Waals surface area contributed by atoms with E-state index in [0.29, 0.717) is 23.6 Å². The molecule has 0 saturated carbocycles. The van der Waals surface area contributed by atoms with Gasteiger partial charge in [-0.25, -0.2) is 0 Å². The molecule has 1 rings (SSSR count). The maximum Gasteiger partial charge on any atom is 0.231 e. The Morgan fingerprint density at radius 2 is 2.15 bits per heavy atom. The summed E-state index contributed by atoms with van der Waals surface area (Å²) in [4.78, 5) is 12.8. The average Bonchev–Trinajstić information content (AvgIpc) is 2.44. The minimum absolute atomic E-state index is 0.0917. The Hall–Kier alpha value is -1.31. The number of terminal acetylenes is 1. The highest BCUT2D eigenvalue weighted by molar-refractivity contribution is 8.00. The van der Waals surface area contributed by atoms with Crippen molar-refractivity contribution in [3.8, 4) is 12.3 Å². The van der Waals surface area contributed by atoms with E-state index in [1.807, 2.05) is 19.9 Å². The Kier molecular flexibility index (Phi) is 6.25. The molecule has 0 spiro atoms. The summed E-state index contributed by atoms with van der Waals surface area (Å²) in [5, 5.41) is 3.50. The number of nitrogens with one attached hydrogen (secondary N) is 1. The molecule has 1 aromatic rings. The highest BCUT2D eigenvalue weighted by Crippen LogP contribution is 2.27. The van der Waals surface area contributed by atoms with Crippen LogP contribution in [-0.4, -0.2) is 17.2 Å². The number of anilines is 1. The largest absolute Gasteiger partial charge is 0.398 e. The first-order valence-corrected chi connectivity index (χ1v) is 7.79. The van der Waals surface area contributed by atoms with Crippen LogP contribution >= 0.6 is 23.4 Å². The number of carbonyl (C=O) groups excluding carboxylic acids is 1. The lowest BCUT2D eigenvalue weighted by Gasteiger charge is -2.27. The van der Waals surface area contributed by atoms with Gasteiger partial charge in [-0.3, -0.25) is 4.79 Å². The molecule has 0 aromatic heterocycles. The van der Waals surface area contributed by atoms with Crippen molar-refractivity contribution >= 4 is 35.0 Å². The predicted octanol–water partition coefficient (Wildman–Crippen LogP) is 3.32. The molecule has 1 amide bonds. The van der Waals surface area contributed by atoms with E-state index in [2.05, 4.69) is 11.2 Å². The average molecular weight is 311 g/mol. The van der Waals surface area contributed by atoms with Crippen LogP contribution in [0.15, 0.2) is 23.1 Å². The Labute approximate surface area is 129 Å². The van der Waals surface area contributed by atoms with Gasteiger partial charge < -0.3 is 11.1 Å². The van der Waals surface area contributed by atoms with Crippen LogP contribution in [0, 0.1) is 12.3 Å². The van der Waals surface area contributed by atoms with Crippen LogP contribution in [0.1, 0.15) is 26.7 Å². The van der Waals surface area contributed by atoms with Crippen LogP contribution in [0.2, 0.25) is 5.02 Å². The van der Waals surface area contributed by atoms with Crippen molar-refractivity contribution in [2.45, 2.75) is 37.1 Å². The second kappa shape index (κ2) is 7.47. The van der Waals surface area contributed by atoms with Crippen molar-refractivity contribution in [1.29, 1.82) is 0 Å². The van der Waals surface area contributed by atoms with E-state index < -0.39 is 5.54 Å². The van der Waals surface area contributed by atoms with Crippen LogP contribution in [-0.2, 0) is 4.79 Å². The zero-order chi connectivity index (χ0) is 15.2. The summed E-state index contributed by atoms with van der Waals surface area (Å²) in [7, 11) is 0. The normalized spacial score (nSPS) is 10.9. The monoisotopic (exact) mass is 310 g/mol. The first-order chi connectivity index (χ1) is 9.46. The first kappa shape index (κ1) is 16.7. The molecule has 0 unspecified atom stereocenters. The number of thioether (sulfide) groups is 1. The van der Waals surface area contributed by atoms with E-state index in [1.165, 1.54) is 11.8 Å². The van der Waals surface area contributed by atoms with Crippen molar-refractivity contribution < 1.29 is 4.79 Å². The second-order valence-corrected chi connectivity index (χ2v) is 5.91. The number of amides is 1. The van der Waals surface area contributed by atoms with E-state index in [1.54, 1.807) is 12.1 Å². The minimum atomic E-state index is -0.552. The molecular weight excluding hydrogens is 292 g/mol. The molecule has 0 aliphatic heterocycles. The van der Waals surface area contributed by atoms with Gasteiger partial charge in [-0.05, 0) is 31.0 Å². The maximum atomic E-state index is 12.0. The Morgan fingerprint density at radius 1 is 1.50 bits per heavy atom. The Morgan fingerprint density at radius 3 is 2.65 bits per heavy atom. The molecular formula is C15H19ClN2OS. The van der Waals surface area contributed by atoms with Gasteiger partial charge >= 0.3 is 0 Å². The molecule has 0 aliphatic rings. The van der Waals surface area contributed by atoms with Crippen LogP contribution < -0.4 is 11.1 Å². The van der Waals surface area contributed by atoms with Gasteiger partial charge in [-0.1, -0.05) is 31.4 Å². The first-order valence-electron chi connectivity index (χ1n) is 6.43. The number of halogens is 1. The third-order valence-electron chi connectivity index (χ3n) is 3.19. The highest BCUT2D eigenvalue weighted by Gasteiger charge is 2.25. The fraction of sp³-hybridized carbons (Fsp3) is 0.400. The number of hydrogen-bond acceptors (Lipinski definition) is 3. The highest BCUT2D eigenvalue weighted by atomic mass is 35.5. The van der Waals surface area contributed by atoms with Crippen molar-refractivity contribution in [3.05, 3.63) is 23.2 Å². The molecule has 0 radical (unpaired) electrons. The van der Waals surface area contributed by atoms with Gasteiger partial charge in [0, 0.05) is 15.6 Å². The molecule has 3 nitrogen and oxygen atoms in total. The summed E-state index contributed by atoms with van der Waals surface area (Å²) in [6.45, 7) is 3.93.